The second-order valence-electron chi connectivity index (χ2n) is 5.40. The molecule has 6 heteroatoms. The molecule has 0 spiro atoms. The van der Waals surface area contributed by atoms with E-state index in [9.17, 15) is 0 Å². The van der Waals surface area contributed by atoms with Crippen molar-refractivity contribution < 1.29 is 0 Å². The summed E-state index contributed by atoms with van der Waals surface area (Å²) < 4.78 is 0. The summed E-state index contributed by atoms with van der Waals surface area (Å²) in [7, 11) is 0. The first kappa shape index (κ1) is 15.5. The molecular formula is C18H15N3S3. The monoisotopic (exact) mass is 369 g/mol. The molecular weight excluding hydrogens is 354 g/mol. The molecule has 1 N–H and O–H groups in total. The maximum Gasteiger partial charge on any atom is 0.194 e. The van der Waals surface area contributed by atoms with Crippen molar-refractivity contribution in [2.45, 2.75) is 12.5 Å². The largest absolute Gasteiger partial charge is 0.331 e. The van der Waals surface area contributed by atoms with Gasteiger partial charge in [-0.2, -0.15) is 5.10 Å². The van der Waals surface area contributed by atoms with Crippen molar-refractivity contribution >= 4 is 51.4 Å². The van der Waals surface area contributed by atoms with E-state index in [0.29, 0.717) is 5.11 Å². The van der Waals surface area contributed by atoms with Crippen molar-refractivity contribution in [2.24, 2.45) is 5.10 Å². The van der Waals surface area contributed by atoms with Crippen LogP contribution in [0.3, 0.4) is 0 Å². The quantitative estimate of drug-likeness (QED) is 0.630. The van der Waals surface area contributed by atoms with Crippen molar-refractivity contribution in [2.75, 3.05) is 5.32 Å². The Hall–Kier alpha value is -2.02. The second-order valence-corrected chi connectivity index (χ2v) is 7.71. The van der Waals surface area contributed by atoms with Gasteiger partial charge in [0.15, 0.2) is 5.11 Å². The predicted molar refractivity (Wildman–Crippen MR) is 107 cm³/mol. The molecule has 3 heterocycles. The average Bonchev–Trinajstić information content (AvgIpc) is 3.35. The van der Waals surface area contributed by atoms with E-state index in [-0.39, 0.29) is 6.04 Å². The van der Waals surface area contributed by atoms with Crippen LogP contribution in [0, 0.1) is 0 Å². The van der Waals surface area contributed by atoms with Crippen LogP contribution in [0.2, 0.25) is 0 Å². The van der Waals surface area contributed by atoms with Gasteiger partial charge in [-0.1, -0.05) is 30.3 Å². The molecule has 3 nitrogen and oxygen atoms in total. The van der Waals surface area contributed by atoms with Crippen LogP contribution in [0.1, 0.15) is 22.2 Å². The summed E-state index contributed by atoms with van der Waals surface area (Å²) in [4.78, 5) is 2.49. The highest BCUT2D eigenvalue weighted by atomic mass is 32.1. The van der Waals surface area contributed by atoms with E-state index in [0.717, 1.165) is 17.8 Å². The number of nitrogens with zero attached hydrogens (tertiary/aromatic N) is 2. The number of hydrogen-bond donors (Lipinski definition) is 1. The van der Waals surface area contributed by atoms with E-state index in [4.69, 9.17) is 17.3 Å². The number of para-hydroxylation sites is 1. The molecule has 0 saturated heterocycles. The van der Waals surface area contributed by atoms with Crippen molar-refractivity contribution in [1.82, 2.24) is 5.01 Å². The van der Waals surface area contributed by atoms with E-state index in [1.807, 2.05) is 35.3 Å². The van der Waals surface area contributed by atoms with Crippen LogP contribution in [0.25, 0.3) is 0 Å². The molecule has 1 atom stereocenters. The summed E-state index contributed by atoms with van der Waals surface area (Å²) in [6, 6.07) is 18.6. The molecule has 1 aliphatic heterocycles. The van der Waals surface area contributed by atoms with Gasteiger partial charge < -0.3 is 5.32 Å². The Morgan fingerprint density at radius 2 is 1.83 bits per heavy atom. The Morgan fingerprint density at radius 1 is 1.04 bits per heavy atom. The molecule has 0 amide bonds. The molecule has 1 aliphatic rings. The minimum atomic E-state index is 0.158. The highest BCUT2D eigenvalue weighted by molar-refractivity contribution is 7.80. The van der Waals surface area contributed by atoms with Crippen LogP contribution in [0.5, 0.6) is 0 Å². The van der Waals surface area contributed by atoms with Gasteiger partial charge in [0.1, 0.15) is 0 Å². The Morgan fingerprint density at radius 3 is 2.54 bits per heavy atom. The molecule has 24 heavy (non-hydrogen) atoms. The molecule has 0 aliphatic carbocycles. The Balaban J connectivity index is 1.62. The smallest absolute Gasteiger partial charge is 0.194 e. The fraction of sp³-hybridized carbons (Fsp3) is 0.111. The van der Waals surface area contributed by atoms with Crippen LogP contribution in [0.15, 0.2) is 70.5 Å². The molecule has 0 saturated carbocycles. The van der Waals surface area contributed by atoms with Gasteiger partial charge in [-0.25, -0.2) is 5.01 Å². The lowest BCUT2D eigenvalue weighted by atomic mass is 10.1. The lowest BCUT2D eigenvalue weighted by molar-refractivity contribution is 0.380. The lowest BCUT2D eigenvalue weighted by Gasteiger charge is -2.23. The van der Waals surface area contributed by atoms with Gasteiger partial charge in [0.25, 0.3) is 0 Å². The lowest BCUT2D eigenvalue weighted by Crippen LogP contribution is -2.30. The van der Waals surface area contributed by atoms with E-state index < -0.39 is 0 Å². The molecule has 0 fully saturated rings. The van der Waals surface area contributed by atoms with Crippen LogP contribution in [-0.4, -0.2) is 15.8 Å². The fourth-order valence-corrected chi connectivity index (χ4v) is 4.51. The molecule has 0 radical (unpaired) electrons. The summed E-state index contributed by atoms with van der Waals surface area (Å²) in [5.74, 6) is 0. The zero-order chi connectivity index (χ0) is 16.4. The molecule has 0 bridgehead atoms. The standard InChI is InChI=1S/C18H15N3S3/c22-18(19-13-6-2-1-3-7-13)21-15(17-9-5-11-24-17)12-14(20-21)16-8-4-10-23-16/h1-11,15H,12H2,(H,19,22)/t15-/m0/s1. The number of thiocarbonyl (C=S) groups is 1. The number of benzene rings is 1. The summed E-state index contributed by atoms with van der Waals surface area (Å²) in [5.41, 5.74) is 2.08. The third kappa shape index (κ3) is 3.13. The van der Waals surface area contributed by atoms with E-state index in [1.165, 1.54) is 9.75 Å². The van der Waals surface area contributed by atoms with E-state index in [2.05, 4.69) is 40.3 Å². The molecule has 1 aromatic carbocycles. The third-order valence-corrected chi connectivity index (χ3v) is 6.00. The van der Waals surface area contributed by atoms with Gasteiger partial charge in [0, 0.05) is 17.0 Å². The first-order chi connectivity index (χ1) is 11.8. The Kier molecular flexibility index (Phi) is 4.42. The highest BCUT2D eigenvalue weighted by Crippen LogP contribution is 2.36. The average molecular weight is 370 g/mol. The predicted octanol–water partition coefficient (Wildman–Crippen LogP) is 5.36. The van der Waals surface area contributed by atoms with Crippen LogP contribution in [-0.2, 0) is 0 Å². The van der Waals surface area contributed by atoms with Gasteiger partial charge in [0.2, 0.25) is 0 Å². The normalized spacial score (nSPS) is 16.9. The highest BCUT2D eigenvalue weighted by Gasteiger charge is 2.32. The summed E-state index contributed by atoms with van der Waals surface area (Å²) >= 11 is 9.11. The van der Waals surface area contributed by atoms with Crippen LogP contribution >= 0.6 is 34.9 Å². The van der Waals surface area contributed by atoms with E-state index in [1.54, 1.807) is 22.7 Å². The number of thiophene rings is 2. The number of hydrogen-bond acceptors (Lipinski definition) is 4. The minimum absolute atomic E-state index is 0.158. The molecule has 2 aromatic heterocycles. The van der Waals surface area contributed by atoms with E-state index >= 15 is 0 Å². The maximum absolute atomic E-state index is 5.64. The van der Waals surface area contributed by atoms with Gasteiger partial charge >= 0.3 is 0 Å². The number of anilines is 1. The van der Waals surface area contributed by atoms with Gasteiger partial charge in [-0.3, -0.25) is 0 Å². The van der Waals surface area contributed by atoms with Crippen molar-refractivity contribution in [3.63, 3.8) is 0 Å². The number of nitrogens with one attached hydrogen (secondary N) is 1. The second kappa shape index (κ2) is 6.84. The molecule has 0 unspecified atom stereocenters. The molecule has 4 rings (SSSR count). The van der Waals surface area contributed by atoms with Crippen molar-refractivity contribution in [3.8, 4) is 0 Å². The van der Waals surface area contributed by atoms with Crippen molar-refractivity contribution in [1.29, 1.82) is 0 Å². The van der Waals surface area contributed by atoms with Crippen LogP contribution < -0.4 is 5.32 Å². The topological polar surface area (TPSA) is 27.6 Å². The minimum Gasteiger partial charge on any atom is -0.331 e. The van der Waals surface area contributed by atoms with Gasteiger partial charge in [-0.15, -0.1) is 22.7 Å². The zero-order valence-corrected chi connectivity index (χ0v) is 15.2. The third-order valence-electron chi connectivity index (χ3n) is 3.82. The fourth-order valence-electron chi connectivity index (χ4n) is 2.69. The summed E-state index contributed by atoms with van der Waals surface area (Å²) in [5, 5.41) is 14.9. The Labute approximate surface area is 154 Å². The SMILES string of the molecule is S=C(Nc1ccccc1)N1N=C(c2cccs2)C[C@H]1c1cccs1. The summed E-state index contributed by atoms with van der Waals surface area (Å²) in [6.45, 7) is 0. The number of rotatable bonds is 3. The first-order valence-corrected chi connectivity index (χ1v) is 9.78. The van der Waals surface area contributed by atoms with Gasteiger partial charge in [-0.05, 0) is 47.2 Å². The van der Waals surface area contributed by atoms with Gasteiger partial charge in [0.05, 0.1) is 16.6 Å². The number of hydrazone groups is 1. The summed E-state index contributed by atoms with van der Waals surface area (Å²) in [6.07, 6.45) is 0.873. The zero-order valence-electron chi connectivity index (χ0n) is 12.8. The Bertz CT molecular complexity index is 839. The van der Waals surface area contributed by atoms with Crippen molar-refractivity contribution in [3.05, 3.63) is 75.1 Å². The maximum atomic E-state index is 5.64. The van der Waals surface area contributed by atoms with Crippen LogP contribution in [0.4, 0.5) is 5.69 Å². The first-order valence-electron chi connectivity index (χ1n) is 7.61. The molecule has 120 valence electrons. The molecule has 3 aromatic rings.